The Balaban J connectivity index is 1.51. The van der Waals surface area contributed by atoms with E-state index in [-0.39, 0.29) is 289 Å². The van der Waals surface area contributed by atoms with Gasteiger partial charge in [0.05, 0.1) is 0 Å². The van der Waals surface area contributed by atoms with Crippen LogP contribution in [0.2, 0.25) is 0 Å². The fraction of sp³-hybridized carbons (Fsp3) is 0. The van der Waals surface area contributed by atoms with Gasteiger partial charge in [-0.05, 0) is 120 Å². The molecule has 12 rings (SSSR count). The lowest BCUT2D eigenvalue weighted by atomic mass is 9.54. The number of fused-ring (bicyclic) bond motifs is 1. The minimum atomic E-state index is -0.391. The molecule has 0 nitrogen and oxygen atoms in total. The maximum atomic E-state index is 8.03. The van der Waals surface area contributed by atoms with Crippen LogP contribution in [-0.2, 0) is 0 Å². The van der Waals surface area contributed by atoms with Gasteiger partial charge in [-0.3, -0.25) is 0 Å². The SMILES string of the molecule is [B]c1c([B])c([B])c(-c2c([B])c(-c3c([B])c([B])c4c([B])c([B])c5c([B])c([B])c([B])c6c([B])c([B])c3c4c56)c([B])c(-c3c([B])c([B])c4c([B])c([B])c5c([B])c([B])c([B])c6c([B])c([B])c3c4c56)c2-c2c([B])c([B])c([B])c3c([B])c([B])c([B])c([B])c23)c([B])c1[B]. The highest BCUT2D eigenvalue weighted by molar-refractivity contribution is 6.80. The maximum Gasteiger partial charge on any atom is 0.115 e. The molecule has 0 fully saturated rings. The van der Waals surface area contributed by atoms with E-state index in [2.05, 4.69) is 0 Å². The minimum absolute atomic E-state index is 0.00215. The molecule has 0 aliphatic rings. The van der Waals surface area contributed by atoms with Crippen molar-refractivity contribution in [2.24, 2.45) is 0 Å². The predicted molar refractivity (Wildman–Crippen MR) is 406 cm³/mol. The molecule has 32 heteroatoms. The van der Waals surface area contributed by atoms with E-state index >= 15 is 0 Å². The van der Waals surface area contributed by atoms with Crippen molar-refractivity contribution in [3.63, 3.8) is 0 Å². The molecule has 0 N–H and O–H groups in total. The van der Waals surface area contributed by atoms with Crippen molar-refractivity contribution >= 4 is 501 Å². The second-order valence-electron chi connectivity index (χ2n) is 21.5. The van der Waals surface area contributed by atoms with Gasteiger partial charge in [0.25, 0.3) is 0 Å². The number of rotatable bonds is 4. The van der Waals surface area contributed by atoms with Crippen molar-refractivity contribution in [2.45, 2.75) is 0 Å². The van der Waals surface area contributed by atoms with Crippen molar-refractivity contribution in [1.82, 2.24) is 0 Å². The first kappa shape index (κ1) is 61.3. The van der Waals surface area contributed by atoms with Crippen LogP contribution in [0.1, 0.15) is 0 Å². The maximum absolute atomic E-state index is 8.03. The Bertz CT molecular complexity index is 5210. The number of benzene rings is 12. The van der Waals surface area contributed by atoms with Gasteiger partial charge in [0.1, 0.15) is 251 Å². The van der Waals surface area contributed by atoms with Crippen molar-refractivity contribution in [1.29, 1.82) is 0 Å². The second kappa shape index (κ2) is 20.3. The van der Waals surface area contributed by atoms with Gasteiger partial charge in [-0.2, -0.15) is 0 Å². The molecule has 0 bridgehead atoms. The highest BCUT2D eigenvalue weighted by atomic mass is 14.3. The lowest BCUT2D eigenvalue weighted by Gasteiger charge is -2.36. The molecule has 12 aromatic rings. The summed E-state index contributed by atoms with van der Waals surface area (Å²) in [5, 5.41) is 1.07. The minimum Gasteiger partial charge on any atom is -0.112 e. The summed E-state index contributed by atoms with van der Waals surface area (Å²) >= 11 is 0. The largest absolute Gasteiger partial charge is 0.115 e. The number of hydrogen-bond acceptors (Lipinski definition) is 0. The molecule has 0 amide bonds. The van der Waals surface area contributed by atoms with Crippen molar-refractivity contribution < 1.29 is 0 Å². The van der Waals surface area contributed by atoms with E-state index in [9.17, 15) is 0 Å². The van der Waals surface area contributed by atoms with E-state index < -0.39 is 5.46 Å². The van der Waals surface area contributed by atoms with Gasteiger partial charge in [-0.15, -0.1) is 43.7 Å². The predicted octanol–water partition coefficient (Wildman–Crippen LogP) is -23.3. The van der Waals surface area contributed by atoms with Crippen LogP contribution in [-0.4, -0.2) is 251 Å². The van der Waals surface area contributed by atoms with Crippen LogP contribution in [0.25, 0.3) is 120 Å². The van der Waals surface area contributed by atoms with Crippen LogP contribution in [0.5, 0.6) is 0 Å². The zero-order chi connectivity index (χ0) is 63.2. The summed E-state index contributed by atoms with van der Waals surface area (Å²) in [5.74, 6) is 0. The van der Waals surface area contributed by atoms with Crippen LogP contribution in [0, 0.1) is 0 Å². The molecule has 0 aliphatic carbocycles. The fourth-order valence-electron chi connectivity index (χ4n) is 13.1. The third-order valence-electron chi connectivity index (χ3n) is 17.5. The average molecular weight is 995 g/mol. The van der Waals surface area contributed by atoms with Gasteiger partial charge in [0, 0.05) is 0 Å². The van der Waals surface area contributed by atoms with Crippen molar-refractivity contribution in [3.8, 4) is 44.5 Å². The van der Waals surface area contributed by atoms with E-state index in [1.165, 1.54) is 0 Å². The van der Waals surface area contributed by atoms with Gasteiger partial charge in [-0.1, -0.05) is 131 Å². The first-order valence-corrected chi connectivity index (χ1v) is 25.5. The monoisotopic (exact) mass is 1000 g/mol. The van der Waals surface area contributed by atoms with E-state index in [0.717, 1.165) is 0 Å². The van der Waals surface area contributed by atoms with Crippen molar-refractivity contribution in [3.05, 3.63) is 0 Å². The molecule has 0 saturated carbocycles. The standard InChI is InChI=1S/C54B32/c55-23-6(11-7-1-3-16(33(65)25(7)57)39(71)48(80)41(73)18(3)37(69)35(67)14(1)31(63)27(11)59)5(9-13-22(43(75)47(79)29(9)61)46(78)51(83)50(82)30(13)62)10(21-44(76)52(84)54(86)53(85)45(21)77)24(56)20(23)12-8-2-4-17(34(66)26(8)58)40(72)49(81)42(74)19(4)38(70)36(68)15(2)32(64)28(12)60. The molecule has 0 atom stereocenters. The zero-order valence-electron chi connectivity index (χ0n) is 45.5. The molecule has 12 aromatic carbocycles. The van der Waals surface area contributed by atoms with Crippen LogP contribution in [0.4, 0.5) is 0 Å². The molecule has 0 heterocycles. The van der Waals surface area contributed by atoms with Crippen LogP contribution >= 0.6 is 0 Å². The van der Waals surface area contributed by atoms with E-state index in [1.807, 2.05) is 0 Å². The van der Waals surface area contributed by atoms with Crippen LogP contribution < -0.4 is 175 Å². The quantitative estimate of drug-likeness (QED) is 0.122. The van der Waals surface area contributed by atoms with E-state index in [0.29, 0.717) is 0 Å². The molecular formula is C54B32. The molecule has 0 aromatic heterocycles. The third kappa shape index (κ3) is 7.40. The highest BCUT2D eigenvalue weighted by Gasteiger charge is 2.35. The Kier molecular flexibility index (Phi) is 14.5. The highest BCUT2D eigenvalue weighted by Crippen LogP contribution is 2.44. The lowest BCUT2D eigenvalue weighted by molar-refractivity contribution is 1.72. The molecule has 0 aliphatic heterocycles. The molecule has 86 heavy (non-hydrogen) atoms. The summed E-state index contributed by atoms with van der Waals surface area (Å²) in [6.45, 7) is 0. The Morgan fingerprint density at radius 2 is 0.198 bits per heavy atom. The van der Waals surface area contributed by atoms with Crippen LogP contribution in [0.15, 0.2) is 0 Å². The molecule has 64 radical (unpaired) electrons. The van der Waals surface area contributed by atoms with Crippen molar-refractivity contribution in [2.75, 3.05) is 0 Å². The lowest BCUT2D eigenvalue weighted by Crippen LogP contribution is -2.55. The topological polar surface area (TPSA) is 0 Å². The molecule has 0 saturated heterocycles. The second-order valence-corrected chi connectivity index (χ2v) is 21.5. The Morgan fingerprint density at radius 1 is 0.0698 bits per heavy atom. The normalized spacial score (nSPS) is 12.0. The van der Waals surface area contributed by atoms with Gasteiger partial charge in [0.15, 0.2) is 0 Å². The van der Waals surface area contributed by atoms with E-state index in [4.69, 9.17) is 251 Å². The first-order valence-electron chi connectivity index (χ1n) is 25.5. The van der Waals surface area contributed by atoms with Crippen LogP contribution in [0.3, 0.4) is 0 Å². The summed E-state index contributed by atoms with van der Waals surface area (Å²) in [5.41, 5.74) is -8.26. The average Bonchev–Trinajstić information content (AvgIpc) is 0.693. The summed E-state index contributed by atoms with van der Waals surface area (Å²) in [6.07, 6.45) is 0. The summed E-state index contributed by atoms with van der Waals surface area (Å²) in [7, 11) is 225. The van der Waals surface area contributed by atoms with Gasteiger partial charge in [0.2, 0.25) is 0 Å². The summed E-state index contributed by atoms with van der Waals surface area (Å²) in [6, 6.07) is 0. The Morgan fingerprint density at radius 3 is 0.523 bits per heavy atom. The first-order chi connectivity index (χ1) is 40.1. The fourth-order valence-corrected chi connectivity index (χ4v) is 13.1. The summed E-state index contributed by atoms with van der Waals surface area (Å²) in [4.78, 5) is 0. The van der Waals surface area contributed by atoms with Gasteiger partial charge >= 0.3 is 0 Å². The van der Waals surface area contributed by atoms with Gasteiger partial charge < -0.3 is 0 Å². The summed E-state index contributed by atoms with van der Waals surface area (Å²) < 4.78 is 0. The third-order valence-corrected chi connectivity index (χ3v) is 17.5. The Hall–Kier alpha value is -4.94. The number of hydrogen-bond donors (Lipinski definition) is 0. The zero-order valence-corrected chi connectivity index (χ0v) is 45.5. The van der Waals surface area contributed by atoms with E-state index in [1.54, 1.807) is 0 Å². The molecule has 0 unspecified atom stereocenters. The smallest absolute Gasteiger partial charge is 0.112 e. The molecule has 312 valence electrons. The molecule has 0 spiro atoms. The molecular weight excluding hydrogens is 995 g/mol. The Labute approximate surface area is 541 Å². The van der Waals surface area contributed by atoms with Gasteiger partial charge in [-0.25, -0.2) is 0 Å².